The first kappa shape index (κ1) is 16.0. The molecule has 21 heavy (non-hydrogen) atoms. The van der Waals surface area contributed by atoms with Crippen molar-refractivity contribution in [3.63, 3.8) is 0 Å². The lowest BCUT2D eigenvalue weighted by molar-refractivity contribution is 0.298. The standard InChI is InChI=1S/C17H19BrFNO/c1-12(2)20-10-13-7-8-17(15(18)9-13)21-11-14-5-3-4-6-16(14)19/h3-9,12,20H,10-11H2,1-2H3. The lowest BCUT2D eigenvalue weighted by Gasteiger charge is -2.12. The second kappa shape index (κ2) is 7.57. The van der Waals surface area contributed by atoms with E-state index in [1.54, 1.807) is 18.2 Å². The summed E-state index contributed by atoms with van der Waals surface area (Å²) in [5.41, 5.74) is 1.73. The highest BCUT2D eigenvalue weighted by molar-refractivity contribution is 9.10. The van der Waals surface area contributed by atoms with E-state index in [4.69, 9.17) is 4.74 Å². The molecule has 0 aliphatic heterocycles. The monoisotopic (exact) mass is 351 g/mol. The second-order valence-electron chi connectivity index (χ2n) is 5.18. The molecule has 0 amide bonds. The molecular formula is C17H19BrFNO. The van der Waals surface area contributed by atoms with E-state index in [0.717, 1.165) is 11.0 Å². The molecular weight excluding hydrogens is 333 g/mol. The Balaban J connectivity index is 1.99. The van der Waals surface area contributed by atoms with Crippen LogP contribution in [0.2, 0.25) is 0 Å². The second-order valence-corrected chi connectivity index (χ2v) is 6.03. The van der Waals surface area contributed by atoms with Crippen molar-refractivity contribution in [3.8, 4) is 5.75 Å². The van der Waals surface area contributed by atoms with Crippen molar-refractivity contribution in [2.75, 3.05) is 0 Å². The number of nitrogens with one attached hydrogen (secondary N) is 1. The van der Waals surface area contributed by atoms with Crippen molar-refractivity contribution < 1.29 is 9.13 Å². The van der Waals surface area contributed by atoms with Crippen LogP contribution in [0.4, 0.5) is 4.39 Å². The van der Waals surface area contributed by atoms with E-state index in [-0.39, 0.29) is 12.4 Å². The Kier molecular flexibility index (Phi) is 5.76. The summed E-state index contributed by atoms with van der Waals surface area (Å²) in [6.07, 6.45) is 0. The SMILES string of the molecule is CC(C)NCc1ccc(OCc2ccccc2F)c(Br)c1. The molecule has 2 nitrogen and oxygen atoms in total. The minimum Gasteiger partial charge on any atom is -0.488 e. The zero-order valence-electron chi connectivity index (χ0n) is 12.2. The molecule has 0 fully saturated rings. The van der Waals surface area contributed by atoms with Gasteiger partial charge in [0.05, 0.1) is 4.47 Å². The summed E-state index contributed by atoms with van der Waals surface area (Å²) in [6.45, 7) is 5.25. The maximum atomic E-state index is 13.5. The Morgan fingerprint density at radius 2 is 1.95 bits per heavy atom. The summed E-state index contributed by atoms with van der Waals surface area (Å²) in [6, 6.07) is 13.0. The largest absolute Gasteiger partial charge is 0.488 e. The van der Waals surface area contributed by atoms with Crippen LogP contribution in [-0.4, -0.2) is 6.04 Å². The highest BCUT2D eigenvalue weighted by Gasteiger charge is 2.06. The number of rotatable bonds is 6. The molecule has 2 aromatic carbocycles. The fraction of sp³-hybridized carbons (Fsp3) is 0.294. The Bertz CT molecular complexity index is 601. The topological polar surface area (TPSA) is 21.3 Å². The zero-order chi connectivity index (χ0) is 15.2. The zero-order valence-corrected chi connectivity index (χ0v) is 13.8. The van der Waals surface area contributed by atoms with Crippen LogP contribution in [0.25, 0.3) is 0 Å². The lowest BCUT2D eigenvalue weighted by Crippen LogP contribution is -2.21. The fourth-order valence-corrected chi connectivity index (χ4v) is 2.40. The molecule has 0 bridgehead atoms. The van der Waals surface area contributed by atoms with Gasteiger partial charge < -0.3 is 10.1 Å². The van der Waals surface area contributed by atoms with Crippen LogP contribution in [0.1, 0.15) is 25.0 Å². The highest BCUT2D eigenvalue weighted by atomic mass is 79.9. The first-order valence-electron chi connectivity index (χ1n) is 6.94. The molecule has 0 aliphatic rings. The first-order valence-corrected chi connectivity index (χ1v) is 7.73. The van der Waals surface area contributed by atoms with Crippen LogP contribution in [0.3, 0.4) is 0 Å². The van der Waals surface area contributed by atoms with Crippen LogP contribution >= 0.6 is 15.9 Å². The normalized spacial score (nSPS) is 10.9. The van der Waals surface area contributed by atoms with Crippen molar-refractivity contribution in [1.82, 2.24) is 5.32 Å². The lowest BCUT2D eigenvalue weighted by atomic mass is 10.2. The number of halogens is 2. The number of benzene rings is 2. The Morgan fingerprint density at radius 3 is 2.62 bits per heavy atom. The molecule has 112 valence electrons. The quantitative estimate of drug-likeness (QED) is 0.816. The summed E-state index contributed by atoms with van der Waals surface area (Å²) in [4.78, 5) is 0. The maximum Gasteiger partial charge on any atom is 0.134 e. The van der Waals surface area contributed by atoms with Gasteiger partial charge in [0.2, 0.25) is 0 Å². The van der Waals surface area contributed by atoms with Crippen LogP contribution in [0.15, 0.2) is 46.9 Å². The van der Waals surface area contributed by atoms with E-state index in [2.05, 4.69) is 35.1 Å². The van der Waals surface area contributed by atoms with Crippen molar-refractivity contribution in [2.45, 2.75) is 33.0 Å². The Labute approximate surface area is 133 Å². The summed E-state index contributed by atoms with van der Waals surface area (Å²) in [7, 11) is 0. The van der Waals surface area contributed by atoms with E-state index in [1.165, 1.54) is 11.6 Å². The van der Waals surface area contributed by atoms with Crippen molar-refractivity contribution >= 4 is 15.9 Å². The highest BCUT2D eigenvalue weighted by Crippen LogP contribution is 2.27. The smallest absolute Gasteiger partial charge is 0.134 e. The third kappa shape index (κ3) is 4.83. The minimum absolute atomic E-state index is 0.217. The van der Waals surface area contributed by atoms with Gasteiger partial charge in [-0.15, -0.1) is 0 Å². The molecule has 0 heterocycles. The van der Waals surface area contributed by atoms with Gasteiger partial charge in [-0.05, 0) is 39.7 Å². The van der Waals surface area contributed by atoms with Gasteiger partial charge in [0.25, 0.3) is 0 Å². The maximum absolute atomic E-state index is 13.5. The van der Waals surface area contributed by atoms with Gasteiger partial charge in [-0.3, -0.25) is 0 Å². The number of hydrogen-bond donors (Lipinski definition) is 1. The molecule has 0 saturated heterocycles. The van der Waals surface area contributed by atoms with Gasteiger partial charge in [-0.2, -0.15) is 0 Å². The molecule has 0 atom stereocenters. The van der Waals surface area contributed by atoms with Crippen LogP contribution in [-0.2, 0) is 13.2 Å². The minimum atomic E-state index is -0.244. The molecule has 4 heteroatoms. The molecule has 2 rings (SSSR count). The van der Waals surface area contributed by atoms with Gasteiger partial charge in [-0.1, -0.05) is 38.1 Å². The predicted octanol–water partition coefficient (Wildman–Crippen LogP) is 4.67. The average Bonchev–Trinajstić information content (AvgIpc) is 2.45. The summed E-state index contributed by atoms with van der Waals surface area (Å²) in [5.74, 6) is 0.470. The van der Waals surface area contributed by atoms with Crippen LogP contribution in [0, 0.1) is 5.82 Å². The van der Waals surface area contributed by atoms with Gasteiger partial charge in [-0.25, -0.2) is 4.39 Å². The summed E-state index contributed by atoms with van der Waals surface area (Å²) in [5, 5.41) is 3.36. The first-order chi connectivity index (χ1) is 10.1. The van der Waals surface area contributed by atoms with E-state index < -0.39 is 0 Å². The van der Waals surface area contributed by atoms with E-state index >= 15 is 0 Å². The molecule has 0 radical (unpaired) electrons. The van der Waals surface area contributed by atoms with Crippen molar-refractivity contribution in [2.24, 2.45) is 0 Å². The van der Waals surface area contributed by atoms with Gasteiger partial charge >= 0.3 is 0 Å². The van der Waals surface area contributed by atoms with E-state index in [9.17, 15) is 4.39 Å². The molecule has 0 aliphatic carbocycles. The van der Waals surface area contributed by atoms with Crippen LogP contribution in [0.5, 0.6) is 5.75 Å². The molecule has 2 aromatic rings. The fourth-order valence-electron chi connectivity index (χ4n) is 1.86. The Morgan fingerprint density at radius 1 is 1.19 bits per heavy atom. The van der Waals surface area contributed by atoms with Gasteiger partial charge in [0.15, 0.2) is 0 Å². The third-order valence-corrected chi connectivity index (χ3v) is 3.67. The van der Waals surface area contributed by atoms with Crippen molar-refractivity contribution in [1.29, 1.82) is 0 Å². The van der Waals surface area contributed by atoms with Crippen molar-refractivity contribution in [3.05, 3.63) is 63.9 Å². The van der Waals surface area contributed by atoms with E-state index in [1.807, 2.05) is 18.2 Å². The van der Waals surface area contributed by atoms with Crippen LogP contribution < -0.4 is 10.1 Å². The van der Waals surface area contributed by atoms with E-state index in [0.29, 0.717) is 17.4 Å². The molecule has 0 unspecified atom stereocenters. The third-order valence-electron chi connectivity index (χ3n) is 3.05. The predicted molar refractivity (Wildman–Crippen MR) is 86.8 cm³/mol. The summed E-state index contributed by atoms with van der Waals surface area (Å²) >= 11 is 3.50. The van der Waals surface area contributed by atoms with Gasteiger partial charge in [0, 0.05) is 18.2 Å². The van der Waals surface area contributed by atoms with Gasteiger partial charge in [0.1, 0.15) is 18.2 Å². The summed E-state index contributed by atoms with van der Waals surface area (Å²) < 4.78 is 20.1. The molecule has 0 saturated carbocycles. The Hall–Kier alpha value is -1.39. The molecule has 0 spiro atoms. The number of ether oxygens (including phenoxy) is 1. The number of hydrogen-bond acceptors (Lipinski definition) is 2. The molecule has 1 N–H and O–H groups in total. The average molecular weight is 352 g/mol. The molecule has 0 aromatic heterocycles.